The van der Waals surface area contributed by atoms with Gasteiger partial charge in [-0.3, -0.25) is 9.78 Å². The average Bonchev–Trinajstić information content (AvgIpc) is 2.65. The Morgan fingerprint density at radius 2 is 1.81 bits per heavy atom. The molecule has 0 aliphatic heterocycles. The van der Waals surface area contributed by atoms with Crippen LogP contribution < -0.4 is 20.3 Å². The van der Waals surface area contributed by atoms with Crippen LogP contribution in [0.4, 0.5) is 11.6 Å². The highest BCUT2D eigenvalue weighted by molar-refractivity contribution is 5.63. The van der Waals surface area contributed by atoms with Gasteiger partial charge in [0.05, 0.1) is 19.9 Å². The zero-order valence-corrected chi connectivity index (χ0v) is 14.9. The van der Waals surface area contributed by atoms with Crippen LogP contribution in [0.5, 0.6) is 11.5 Å². The number of aromatic amines is 1. The number of anilines is 2. The van der Waals surface area contributed by atoms with Gasteiger partial charge in [0.15, 0.2) is 0 Å². The molecule has 2 aromatic carbocycles. The maximum Gasteiger partial charge on any atom is 0.274 e. The quantitative estimate of drug-likeness (QED) is 0.709. The predicted octanol–water partition coefficient (Wildman–Crippen LogP) is 2.82. The van der Waals surface area contributed by atoms with Crippen LogP contribution >= 0.6 is 0 Å². The summed E-state index contributed by atoms with van der Waals surface area (Å²) in [6, 6.07) is 13.2. The third kappa shape index (κ3) is 4.00. The first-order valence-corrected chi connectivity index (χ1v) is 8.09. The van der Waals surface area contributed by atoms with Gasteiger partial charge in [0.25, 0.3) is 5.56 Å². The summed E-state index contributed by atoms with van der Waals surface area (Å²) in [6.07, 6.45) is 0.389. The van der Waals surface area contributed by atoms with Gasteiger partial charge in [0.2, 0.25) is 5.95 Å². The fourth-order valence-electron chi connectivity index (χ4n) is 2.52. The molecular weight excluding hydrogens is 332 g/mol. The van der Waals surface area contributed by atoms with Gasteiger partial charge in [0.1, 0.15) is 17.2 Å². The number of hydrogen-bond donors (Lipinski definition) is 2. The standard InChI is InChI=1S/C19H20N4O3/c1-12-4-9-17(26-3)15(10-12)20-19-21-18(24)16(22-23-19)11-13-5-7-14(25-2)8-6-13/h4-10H,11H2,1-3H3,(H2,20,21,23,24). The molecule has 0 aliphatic rings. The molecule has 0 bridgehead atoms. The molecule has 26 heavy (non-hydrogen) atoms. The second-order valence-electron chi connectivity index (χ2n) is 5.80. The van der Waals surface area contributed by atoms with Crippen LogP contribution in [0.2, 0.25) is 0 Å². The predicted molar refractivity (Wildman–Crippen MR) is 99.5 cm³/mol. The molecule has 7 heteroatoms. The number of hydrogen-bond acceptors (Lipinski definition) is 6. The summed E-state index contributed by atoms with van der Waals surface area (Å²) in [7, 11) is 3.20. The lowest BCUT2D eigenvalue weighted by atomic mass is 10.1. The third-order valence-electron chi connectivity index (χ3n) is 3.90. The number of rotatable bonds is 6. The maximum atomic E-state index is 12.3. The molecule has 0 unspecified atom stereocenters. The molecule has 0 saturated carbocycles. The molecule has 1 aromatic heterocycles. The Morgan fingerprint density at radius 3 is 2.46 bits per heavy atom. The number of aromatic nitrogens is 3. The van der Waals surface area contributed by atoms with Gasteiger partial charge in [-0.05, 0) is 42.3 Å². The Bertz CT molecular complexity index is 952. The van der Waals surface area contributed by atoms with E-state index in [0.717, 1.165) is 16.9 Å². The molecule has 0 spiro atoms. The molecule has 0 fully saturated rings. The number of ether oxygens (including phenoxy) is 2. The van der Waals surface area contributed by atoms with E-state index in [1.807, 2.05) is 49.4 Å². The second kappa shape index (κ2) is 7.69. The van der Waals surface area contributed by atoms with Crippen molar-refractivity contribution in [3.8, 4) is 11.5 Å². The molecule has 2 N–H and O–H groups in total. The SMILES string of the molecule is COc1ccc(Cc2nnc(Nc3cc(C)ccc3OC)[nH]c2=O)cc1. The van der Waals surface area contributed by atoms with Gasteiger partial charge in [-0.15, -0.1) is 10.2 Å². The fraction of sp³-hybridized carbons (Fsp3) is 0.211. The van der Waals surface area contributed by atoms with Crippen molar-refractivity contribution in [3.63, 3.8) is 0 Å². The van der Waals surface area contributed by atoms with E-state index in [0.29, 0.717) is 23.6 Å². The summed E-state index contributed by atoms with van der Waals surface area (Å²) < 4.78 is 10.4. The molecule has 0 atom stereocenters. The lowest BCUT2D eigenvalue weighted by Crippen LogP contribution is -2.19. The van der Waals surface area contributed by atoms with Gasteiger partial charge >= 0.3 is 0 Å². The normalized spacial score (nSPS) is 10.4. The van der Waals surface area contributed by atoms with Crippen LogP contribution in [0.3, 0.4) is 0 Å². The topological polar surface area (TPSA) is 89.1 Å². The van der Waals surface area contributed by atoms with Crippen LogP contribution in [-0.4, -0.2) is 29.4 Å². The second-order valence-corrected chi connectivity index (χ2v) is 5.80. The largest absolute Gasteiger partial charge is 0.497 e. The lowest BCUT2D eigenvalue weighted by molar-refractivity contribution is 0.414. The summed E-state index contributed by atoms with van der Waals surface area (Å²) in [6.45, 7) is 1.97. The van der Waals surface area contributed by atoms with Crippen LogP contribution in [0, 0.1) is 6.92 Å². The third-order valence-corrected chi connectivity index (χ3v) is 3.90. The first-order chi connectivity index (χ1) is 12.6. The lowest BCUT2D eigenvalue weighted by Gasteiger charge is -2.11. The number of nitrogens with one attached hydrogen (secondary N) is 2. The molecule has 0 radical (unpaired) electrons. The summed E-state index contributed by atoms with van der Waals surface area (Å²) in [5.41, 5.74) is 2.77. The van der Waals surface area contributed by atoms with E-state index in [9.17, 15) is 4.79 Å². The molecule has 0 amide bonds. The Morgan fingerprint density at radius 1 is 1.04 bits per heavy atom. The van der Waals surface area contributed by atoms with Gasteiger partial charge < -0.3 is 14.8 Å². The zero-order valence-electron chi connectivity index (χ0n) is 14.9. The highest BCUT2D eigenvalue weighted by Gasteiger charge is 2.09. The van der Waals surface area contributed by atoms with E-state index in [2.05, 4.69) is 20.5 Å². The minimum Gasteiger partial charge on any atom is -0.497 e. The van der Waals surface area contributed by atoms with Gasteiger partial charge in [0, 0.05) is 6.42 Å². The minimum absolute atomic E-state index is 0.261. The van der Waals surface area contributed by atoms with Crippen molar-refractivity contribution in [2.45, 2.75) is 13.3 Å². The summed E-state index contributed by atoms with van der Waals surface area (Å²) >= 11 is 0. The molecule has 3 aromatic rings. The van der Waals surface area contributed by atoms with Crippen LogP contribution in [-0.2, 0) is 6.42 Å². The smallest absolute Gasteiger partial charge is 0.274 e. The first kappa shape index (κ1) is 17.5. The van der Waals surface area contributed by atoms with Crippen LogP contribution in [0.25, 0.3) is 0 Å². The monoisotopic (exact) mass is 352 g/mol. The van der Waals surface area contributed by atoms with Crippen molar-refractivity contribution < 1.29 is 9.47 Å². The first-order valence-electron chi connectivity index (χ1n) is 8.09. The van der Waals surface area contributed by atoms with E-state index in [1.54, 1.807) is 14.2 Å². The Kier molecular flexibility index (Phi) is 5.17. The Balaban J connectivity index is 1.79. The van der Waals surface area contributed by atoms with Crippen molar-refractivity contribution in [2.75, 3.05) is 19.5 Å². The molecule has 7 nitrogen and oxygen atoms in total. The van der Waals surface area contributed by atoms with E-state index < -0.39 is 0 Å². The molecule has 134 valence electrons. The van der Waals surface area contributed by atoms with E-state index >= 15 is 0 Å². The van der Waals surface area contributed by atoms with E-state index in [1.165, 1.54) is 0 Å². The summed E-state index contributed by atoms with van der Waals surface area (Å²) in [5.74, 6) is 1.68. The van der Waals surface area contributed by atoms with Crippen molar-refractivity contribution in [2.24, 2.45) is 0 Å². The van der Waals surface area contributed by atoms with E-state index in [4.69, 9.17) is 9.47 Å². The van der Waals surface area contributed by atoms with Crippen LogP contribution in [0.1, 0.15) is 16.8 Å². The highest BCUT2D eigenvalue weighted by atomic mass is 16.5. The van der Waals surface area contributed by atoms with Gasteiger partial charge in [-0.2, -0.15) is 0 Å². The number of aryl methyl sites for hydroxylation is 1. The van der Waals surface area contributed by atoms with E-state index in [-0.39, 0.29) is 11.5 Å². The van der Waals surface area contributed by atoms with Crippen molar-refractivity contribution in [3.05, 3.63) is 69.6 Å². The van der Waals surface area contributed by atoms with Crippen molar-refractivity contribution in [1.82, 2.24) is 15.2 Å². The number of benzene rings is 2. The Labute approximate surface area is 151 Å². The maximum absolute atomic E-state index is 12.3. The number of methoxy groups -OCH3 is 2. The molecule has 0 aliphatic carbocycles. The fourth-order valence-corrected chi connectivity index (χ4v) is 2.52. The minimum atomic E-state index is -0.287. The highest BCUT2D eigenvalue weighted by Crippen LogP contribution is 2.26. The van der Waals surface area contributed by atoms with Crippen LogP contribution in [0.15, 0.2) is 47.3 Å². The van der Waals surface area contributed by atoms with Gasteiger partial charge in [-0.25, -0.2) is 0 Å². The molecule has 3 rings (SSSR count). The molecule has 0 saturated heterocycles. The van der Waals surface area contributed by atoms with Crippen molar-refractivity contribution in [1.29, 1.82) is 0 Å². The number of nitrogens with zero attached hydrogens (tertiary/aromatic N) is 2. The van der Waals surface area contributed by atoms with Crippen molar-refractivity contribution >= 4 is 11.6 Å². The summed E-state index contributed by atoms with van der Waals surface area (Å²) in [4.78, 5) is 15.0. The molecule has 1 heterocycles. The summed E-state index contributed by atoms with van der Waals surface area (Å²) in [5, 5.41) is 11.2. The zero-order chi connectivity index (χ0) is 18.5. The average molecular weight is 352 g/mol. The number of H-pyrrole nitrogens is 1. The molecular formula is C19H20N4O3. The van der Waals surface area contributed by atoms with Gasteiger partial charge in [-0.1, -0.05) is 18.2 Å². The Hall–Kier alpha value is -3.35.